The van der Waals surface area contributed by atoms with E-state index in [1.165, 1.54) is 0 Å². The molecule has 0 saturated carbocycles. The number of nitrogens with one attached hydrogen (secondary N) is 1. The third-order valence-corrected chi connectivity index (χ3v) is 3.38. The van der Waals surface area contributed by atoms with E-state index < -0.39 is 0 Å². The van der Waals surface area contributed by atoms with Crippen molar-refractivity contribution in [1.82, 2.24) is 10.2 Å². The van der Waals surface area contributed by atoms with Crippen LogP contribution in [0.3, 0.4) is 0 Å². The molecule has 0 bridgehead atoms. The first-order valence-corrected chi connectivity index (χ1v) is 6.98. The lowest BCUT2D eigenvalue weighted by Gasteiger charge is -2.33. The van der Waals surface area contributed by atoms with Crippen LogP contribution in [0.5, 0.6) is 5.75 Å². The molecule has 0 unspecified atom stereocenters. The van der Waals surface area contributed by atoms with E-state index in [1.807, 2.05) is 38.1 Å². The van der Waals surface area contributed by atoms with E-state index in [1.54, 1.807) is 0 Å². The average Bonchev–Trinajstić information content (AvgIpc) is 2.42. The normalized spacial score (nSPS) is 18.5. The smallest absolute Gasteiger partial charge is 0.119 e. The molecule has 0 radical (unpaired) electrons. The van der Waals surface area contributed by atoms with Gasteiger partial charge in [-0.2, -0.15) is 0 Å². The monoisotopic (exact) mass is 266 g/mol. The summed E-state index contributed by atoms with van der Waals surface area (Å²) in [6, 6.07) is 7.68. The van der Waals surface area contributed by atoms with Gasteiger partial charge in [-0.05, 0) is 31.5 Å². The lowest BCUT2D eigenvalue weighted by atomic mass is 10.1. The van der Waals surface area contributed by atoms with Crippen LogP contribution in [0.25, 0.3) is 0 Å². The Labute approximate surface area is 114 Å². The number of hydrogen-bond donors (Lipinski definition) is 1. The number of piperazine rings is 1. The van der Waals surface area contributed by atoms with Crippen LogP contribution in [-0.4, -0.2) is 43.9 Å². The van der Waals surface area contributed by atoms with Crippen molar-refractivity contribution < 1.29 is 9.13 Å². The summed E-state index contributed by atoms with van der Waals surface area (Å²) in [7, 11) is 0. The van der Waals surface area contributed by atoms with Gasteiger partial charge >= 0.3 is 0 Å². The Morgan fingerprint density at radius 1 is 1.21 bits per heavy atom. The molecule has 2 rings (SSSR count). The van der Waals surface area contributed by atoms with Crippen molar-refractivity contribution in [2.24, 2.45) is 0 Å². The molecule has 0 aliphatic carbocycles. The van der Waals surface area contributed by atoms with Gasteiger partial charge in [0.15, 0.2) is 0 Å². The molecule has 1 aliphatic rings. The molecule has 106 valence electrons. The van der Waals surface area contributed by atoms with E-state index in [0.717, 1.165) is 37.5 Å². The fourth-order valence-electron chi connectivity index (χ4n) is 2.43. The third kappa shape index (κ3) is 3.91. The molecule has 1 aromatic carbocycles. The Balaban J connectivity index is 2.05. The highest BCUT2D eigenvalue weighted by molar-refractivity contribution is 5.29. The highest BCUT2D eigenvalue weighted by atomic mass is 19.1. The summed E-state index contributed by atoms with van der Waals surface area (Å²) in [5.74, 6) is 0.844. The Morgan fingerprint density at radius 2 is 1.84 bits per heavy atom. The Bertz CT molecular complexity index is 374. The van der Waals surface area contributed by atoms with Crippen molar-refractivity contribution in [2.45, 2.75) is 26.0 Å². The second-order valence-electron chi connectivity index (χ2n) is 5.19. The lowest BCUT2D eigenvalue weighted by molar-refractivity contribution is 0.147. The minimum Gasteiger partial charge on any atom is -0.491 e. The zero-order valence-electron chi connectivity index (χ0n) is 11.7. The standard InChI is InChI=1S/C15H23FN2O/c1-12(2)19-14-5-3-13(4-6-14)15(11-16)18-9-7-17-8-10-18/h3-6,12,15,17H,7-11H2,1-2H3/t15-/m0/s1. The summed E-state index contributed by atoms with van der Waals surface area (Å²) >= 11 is 0. The summed E-state index contributed by atoms with van der Waals surface area (Å²) in [4.78, 5) is 2.20. The predicted octanol–water partition coefficient (Wildman–Crippen LogP) is 2.39. The zero-order chi connectivity index (χ0) is 13.7. The number of rotatable bonds is 5. The third-order valence-electron chi connectivity index (χ3n) is 3.38. The molecule has 3 nitrogen and oxygen atoms in total. The predicted molar refractivity (Wildman–Crippen MR) is 75.4 cm³/mol. The summed E-state index contributed by atoms with van der Waals surface area (Å²) in [5, 5.41) is 3.29. The van der Waals surface area contributed by atoms with Crippen molar-refractivity contribution in [1.29, 1.82) is 0 Å². The first-order chi connectivity index (χ1) is 9.20. The van der Waals surface area contributed by atoms with Gasteiger partial charge in [0.2, 0.25) is 0 Å². The second kappa shape index (κ2) is 6.87. The van der Waals surface area contributed by atoms with Crippen molar-refractivity contribution in [3.8, 4) is 5.75 Å². The van der Waals surface area contributed by atoms with Crippen molar-refractivity contribution in [2.75, 3.05) is 32.9 Å². The Morgan fingerprint density at radius 3 is 2.37 bits per heavy atom. The first-order valence-electron chi connectivity index (χ1n) is 6.98. The van der Waals surface area contributed by atoms with Gasteiger partial charge in [-0.1, -0.05) is 12.1 Å². The van der Waals surface area contributed by atoms with Gasteiger partial charge in [-0.3, -0.25) is 4.90 Å². The highest BCUT2D eigenvalue weighted by Crippen LogP contribution is 2.24. The molecule has 19 heavy (non-hydrogen) atoms. The number of benzene rings is 1. The maximum atomic E-state index is 13.3. The van der Waals surface area contributed by atoms with Crippen LogP contribution in [-0.2, 0) is 0 Å². The van der Waals surface area contributed by atoms with Gasteiger partial charge in [0.25, 0.3) is 0 Å². The van der Waals surface area contributed by atoms with Crippen LogP contribution in [0.4, 0.5) is 4.39 Å². The number of hydrogen-bond acceptors (Lipinski definition) is 3. The van der Waals surface area contributed by atoms with E-state index in [4.69, 9.17) is 4.74 Å². The maximum absolute atomic E-state index is 13.3. The van der Waals surface area contributed by atoms with Gasteiger partial charge < -0.3 is 10.1 Å². The number of ether oxygens (including phenoxy) is 1. The van der Waals surface area contributed by atoms with Crippen LogP contribution in [0.1, 0.15) is 25.5 Å². The van der Waals surface area contributed by atoms with E-state index in [-0.39, 0.29) is 18.8 Å². The number of halogens is 1. The molecule has 4 heteroatoms. The molecule has 1 fully saturated rings. The van der Waals surface area contributed by atoms with Gasteiger partial charge in [0, 0.05) is 26.2 Å². The zero-order valence-corrected chi connectivity index (χ0v) is 11.7. The highest BCUT2D eigenvalue weighted by Gasteiger charge is 2.21. The number of alkyl halides is 1. The summed E-state index contributed by atoms with van der Waals surface area (Å²) < 4.78 is 19.0. The van der Waals surface area contributed by atoms with Crippen LogP contribution >= 0.6 is 0 Å². The molecule has 1 saturated heterocycles. The summed E-state index contributed by atoms with van der Waals surface area (Å²) in [6.45, 7) is 7.33. The van der Waals surface area contributed by atoms with E-state index >= 15 is 0 Å². The summed E-state index contributed by atoms with van der Waals surface area (Å²) in [6.07, 6.45) is 0.163. The Kier molecular flexibility index (Phi) is 5.16. The second-order valence-corrected chi connectivity index (χ2v) is 5.19. The minimum absolute atomic E-state index is 0.129. The molecule has 0 spiro atoms. The van der Waals surface area contributed by atoms with E-state index in [9.17, 15) is 4.39 Å². The van der Waals surface area contributed by atoms with Gasteiger partial charge in [0.1, 0.15) is 12.4 Å². The molecule has 1 heterocycles. The fraction of sp³-hybridized carbons (Fsp3) is 0.600. The molecule has 1 aliphatic heterocycles. The van der Waals surface area contributed by atoms with Crippen LogP contribution < -0.4 is 10.1 Å². The van der Waals surface area contributed by atoms with Crippen LogP contribution in [0.15, 0.2) is 24.3 Å². The van der Waals surface area contributed by atoms with Gasteiger partial charge in [-0.15, -0.1) is 0 Å². The van der Waals surface area contributed by atoms with E-state index in [2.05, 4.69) is 10.2 Å². The van der Waals surface area contributed by atoms with Crippen LogP contribution in [0, 0.1) is 0 Å². The number of nitrogens with zero attached hydrogens (tertiary/aromatic N) is 1. The maximum Gasteiger partial charge on any atom is 0.119 e. The van der Waals surface area contributed by atoms with Crippen molar-refractivity contribution >= 4 is 0 Å². The van der Waals surface area contributed by atoms with Crippen molar-refractivity contribution in [3.63, 3.8) is 0 Å². The molecular weight excluding hydrogens is 243 g/mol. The quantitative estimate of drug-likeness (QED) is 0.885. The van der Waals surface area contributed by atoms with Crippen molar-refractivity contribution in [3.05, 3.63) is 29.8 Å². The Hall–Kier alpha value is -1.13. The van der Waals surface area contributed by atoms with Gasteiger partial charge in [0.05, 0.1) is 12.1 Å². The fourth-order valence-corrected chi connectivity index (χ4v) is 2.43. The largest absolute Gasteiger partial charge is 0.491 e. The lowest BCUT2D eigenvalue weighted by Crippen LogP contribution is -2.45. The molecule has 1 aromatic rings. The van der Waals surface area contributed by atoms with Gasteiger partial charge in [-0.25, -0.2) is 4.39 Å². The topological polar surface area (TPSA) is 24.5 Å². The molecule has 0 aromatic heterocycles. The van der Waals surface area contributed by atoms with Crippen LogP contribution in [0.2, 0.25) is 0 Å². The molecular formula is C15H23FN2O. The molecule has 1 N–H and O–H groups in total. The van der Waals surface area contributed by atoms with E-state index in [0.29, 0.717) is 0 Å². The minimum atomic E-state index is -0.343. The first kappa shape index (κ1) is 14.3. The molecule has 1 atom stereocenters. The molecule has 0 amide bonds. The summed E-state index contributed by atoms with van der Waals surface area (Å²) in [5.41, 5.74) is 1.03. The average molecular weight is 266 g/mol. The SMILES string of the molecule is CC(C)Oc1ccc([C@H](CF)N2CCNCC2)cc1.